The molecule has 184 valence electrons. The van der Waals surface area contributed by atoms with Gasteiger partial charge in [0.05, 0.1) is 30.7 Å². The van der Waals surface area contributed by atoms with Crippen molar-refractivity contribution in [3.63, 3.8) is 0 Å². The summed E-state index contributed by atoms with van der Waals surface area (Å²) in [5.74, 6) is -4.31. The highest BCUT2D eigenvalue weighted by molar-refractivity contribution is 6.16. The lowest BCUT2D eigenvalue weighted by Crippen LogP contribution is -2.49. The number of hydrogen-bond acceptors (Lipinski definition) is 6. The van der Waals surface area contributed by atoms with Gasteiger partial charge in [0.2, 0.25) is 23.6 Å². The minimum absolute atomic E-state index is 0.133. The van der Waals surface area contributed by atoms with E-state index in [0.29, 0.717) is 11.3 Å². The van der Waals surface area contributed by atoms with Crippen molar-refractivity contribution in [2.75, 3.05) is 0 Å². The molecule has 0 radical (unpaired) electrons. The van der Waals surface area contributed by atoms with Crippen molar-refractivity contribution in [2.24, 2.45) is 17.8 Å². The van der Waals surface area contributed by atoms with E-state index in [1.54, 1.807) is 50.2 Å². The number of Topliss-reactive ketones (excluding diaryl/α,β-unsaturated/α-hetero) is 1. The molecule has 4 atom stereocenters. The molecule has 1 aliphatic heterocycles. The summed E-state index contributed by atoms with van der Waals surface area (Å²) in [6, 6.07) is 10.8. The third-order valence-corrected chi connectivity index (χ3v) is 5.89. The van der Waals surface area contributed by atoms with Gasteiger partial charge in [-0.05, 0) is 29.7 Å². The van der Waals surface area contributed by atoms with Crippen molar-refractivity contribution in [2.45, 2.75) is 39.3 Å². The molecule has 9 nitrogen and oxygen atoms in total. The van der Waals surface area contributed by atoms with E-state index in [2.05, 4.69) is 16.0 Å². The Balaban J connectivity index is 1.72. The van der Waals surface area contributed by atoms with E-state index >= 15 is 0 Å². The summed E-state index contributed by atoms with van der Waals surface area (Å²) in [7, 11) is 0. The molecular formula is C26H29N3O6. The van der Waals surface area contributed by atoms with Crippen LogP contribution in [0.2, 0.25) is 0 Å². The molecule has 3 rings (SSSR count). The van der Waals surface area contributed by atoms with Gasteiger partial charge in [0.15, 0.2) is 5.78 Å². The van der Waals surface area contributed by atoms with Gasteiger partial charge in [0, 0.05) is 6.08 Å². The normalized spacial score (nSPS) is 19.4. The van der Waals surface area contributed by atoms with Crippen LogP contribution in [0.25, 0.3) is 6.08 Å². The standard InChI is InChI=1S/C26H29N3O6/c1-15(2)23(24(32)22-16(3)25(33)29-26(22)34)28-21(31)14-19(17-8-5-4-6-9-17)27-20(30)12-11-18-10-7-13-35-18/h4-13,15-16,19,22-23H,14H2,1-3H3,(H,27,30)(H,28,31)(H,29,33,34)/b12-11+/t16-,19+,22+,23+/m0/s1. The van der Waals surface area contributed by atoms with Crippen molar-refractivity contribution in [1.29, 1.82) is 0 Å². The first-order valence-electron chi connectivity index (χ1n) is 11.4. The van der Waals surface area contributed by atoms with Gasteiger partial charge in [-0.25, -0.2) is 0 Å². The molecule has 1 aromatic carbocycles. The van der Waals surface area contributed by atoms with Gasteiger partial charge in [0.25, 0.3) is 0 Å². The summed E-state index contributed by atoms with van der Waals surface area (Å²) < 4.78 is 5.18. The maximum absolute atomic E-state index is 13.1. The van der Waals surface area contributed by atoms with Crippen molar-refractivity contribution in [3.8, 4) is 0 Å². The molecule has 4 amide bonds. The molecule has 1 fully saturated rings. The maximum Gasteiger partial charge on any atom is 0.244 e. The van der Waals surface area contributed by atoms with Crippen molar-refractivity contribution < 1.29 is 28.4 Å². The molecule has 1 aromatic heterocycles. The summed E-state index contributed by atoms with van der Waals surface area (Å²) in [5.41, 5.74) is 0.712. The van der Waals surface area contributed by atoms with Crippen molar-refractivity contribution in [3.05, 3.63) is 66.1 Å². The Morgan fingerprint density at radius 3 is 2.31 bits per heavy atom. The first-order chi connectivity index (χ1) is 16.7. The van der Waals surface area contributed by atoms with Gasteiger partial charge in [-0.1, -0.05) is 51.1 Å². The molecule has 3 N–H and O–H groups in total. The monoisotopic (exact) mass is 479 g/mol. The van der Waals surface area contributed by atoms with Gasteiger partial charge >= 0.3 is 0 Å². The highest BCUT2D eigenvalue weighted by atomic mass is 16.3. The average Bonchev–Trinajstić information content (AvgIpc) is 3.43. The Morgan fingerprint density at radius 1 is 1.03 bits per heavy atom. The predicted octanol–water partition coefficient (Wildman–Crippen LogP) is 2.16. The number of benzene rings is 1. The number of furan rings is 1. The molecule has 1 saturated heterocycles. The predicted molar refractivity (Wildman–Crippen MR) is 127 cm³/mol. The minimum atomic E-state index is -1.15. The molecule has 35 heavy (non-hydrogen) atoms. The van der Waals surface area contributed by atoms with Gasteiger partial charge < -0.3 is 15.1 Å². The number of imide groups is 1. The van der Waals surface area contributed by atoms with Crippen LogP contribution in [0, 0.1) is 17.8 Å². The Morgan fingerprint density at radius 2 is 1.74 bits per heavy atom. The number of carbonyl (C=O) groups is 5. The zero-order valence-electron chi connectivity index (χ0n) is 19.8. The van der Waals surface area contributed by atoms with Crippen LogP contribution in [-0.4, -0.2) is 35.5 Å². The summed E-state index contributed by atoms with van der Waals surface area (Å²) in [4.78, 5) is 62.6. The van der Waals surface area contributed by atoms with E-state index in [4.69, 9.17) is 4.42 Å². The van der Waals surface area contributed by atoms with Crippen LogP contribution in [0.15, 0.2) is 59.2 Å². The molecule has 0 bridgehead atoms. The van der Waals surface area contributed by atoms with Gasteiger partial charge in [-0.2, -0.15) is 0 Å². The molecule has 0 spiro atoms. The first-order valence-corrected chi connectivity index (χ1v) is 11.4. The summed E-state index contributed by atoms with van der Waals surface area (Å²) in [6.45, 7) is 5.01. The van der Waals surface area contributed by atoms with Gasteiger partial charge in [-0.3, -0.25) is 29.3 Å². The third-order valence-electron chi connectivity index (χ3n) is 5.89. The summed E-state index contributed by atoms with van der Waals surface area (Å²) in [5, 5.41) is 7.69. The highest BCUT2D eigenvalue weighted by Gasteiger charge is 2.46. The van der Waals surface area contributed by atoms with E-state index in [0.717, 1.165) is 0 Å². The van der Waals surface area contributed by atoms with E-state index in [-0.39, 0.29) is 12.3 Å². The Bertz CT molecular complexity index is 1110. The van der Waals surface area contributed by atoms with Gasteiger partial charge in [-0.15, -0.1) is 0 Å². The summed E-state index contributed by atoms with van der Waals surface area (Å²) >= 11 is 0. The highest BCUT2D eigenvalue weighted by Crippen LogP contribution is 2.24. The average molecular weight is 480 g/mol. The zero-order chi connectivity index (χ0) is 25.5. The van der Waals surface area contributed by atoms with Crippen LogP contribution in [0.4, 0.5) is 0 Å². The van der Waals surface area contributed by atoms with E-state index in [1.807, 2.05) is 6.07 Å². The van der Waals surface area contributed by atoms with Crippen LogP contribution >= 0.6 is 0 Å². The number of amides is 4. The Hall–Kier alpha value is -4.01. The quantitative estimate of drug-likeness (QED) is 0.272. The number of carbonyl (C=O) groups excluding carboxylic acids is 5. The molecular weight excluding hydrogens is 450 g/mol. The van der Waals surface area contributed by atoms with E-state index in [9.17, 15) is 24.0 Å². The fourth-order valence-corrected chi connectivity index (χ4v) is 3.95. The van der Waals surface area contributed by atoms with E-state index in [1.165, 1.54) is 25.3 Å². The second-order valence-electron chi connectivity index (χ2n) is 8.84. The molecule has 1 aliphatic rings. The largest absolute Gasteiger partial charge is 0.465 e. The zero-order valence-corrected chi connectivity index (χ0v) is 19.8. The molecule has 0 unspecified atom stereocenters. The van der Waals surface area contributed by atoms with E-state index < -0.39 is 53.3 Å². The van der Waals surface area contributed by atoms with Crippen molar-refractivity contribution in [1.82, 2.24) is 16.0 Å². The summed E-state index contributed by atoms with van der Waals surface area (Å²) in [6.07, 6.45) is 4.18. The lowest BCUT2D eigenvalue weighted by molar-refractivity contribution is -0.137. The second kappa shape index (κ2) is 11.4. The lowest BCUT2D eigenvalue weighted by atomic mass is 9.85. The van der Waals surface area contributed by atoms with Gasteiger partial charge in [0.1, 0.15) is 11.7 Å². The van der Waals surface area contributed by atoms with Crippen LogP contribution in [0.5, 0.6) is 0 Å². The number of nitrogens with one attached hydrogen (secondary N) is 3. The van der Waals surface area contributed by atoms with Crippen LogP contribution in [0.3, 0.4) is 0 Å². The number of ketones is 1. The Kier molecular flexibility index (Phi) is 8.35. The molecule has 2 heterocycles. The smallest absolute Gasteiger partial charge is 0.244 e. The first kappa shape index (κ1) is 25.6. The topological polar surface area (TPSA) is 135 Å². The van der Waals surface area contributed by atoms with Crippen LogP contribution in [0.1, 0.15) is 44.6 Å². The maximum atomic E-state index is 13.1. The number of rotatable bonds is 10. The van der Waals surface area contributed by atoms with Crippen LogP contribution < -0.4 is 16.0 Å². The fourth-order valence-electron chi connectivity index (χ4n) is 3.95. The van der Waals surface area contributed by atoms with Crippen molar-refractivity contribution >= 4 is 35.5 Å². The van der Waals surface area contributed by atoms with Crippen LogP contribution in [-0.2, 0) is 24.0 Å². The fraction of sp³-hybridized carbons (Fsp3) is 0.346. The third kappa shape index (κ3) is 6.53. The second-order valence-corrected chi connectivity index (χ2v) is 8.84. The minimum Gasteiger partial charge on any atom is -0.465 e. The Labute approximate surface area is 203 Å². The molecule has 0 aliphatic carbocycles. The SMILES string of the molecule is CC(C)[C@@H](NC(=O)C[C@@H](NC(=O)/C=C/c1ccco1)c1ccccc1)C(=O)[C@@H]1C(=O)NC(=O)[C@H]1C. The number of hydrogen-bond donors (Lipinski definition) is 3. The lowest BCUT2D eigenvalue weighted by Gasteiger charge is -2.25. The molecule has 9 heteroatoms. The molecule has 2 aromatic rings. The molecule has 0 saturated carbocycles.